The summed E-state index contributed by atoms with van der Waals surface area (Å²) in [5.41, 5.74) is -3.21. The zero-order valence-electron chi connectivity index (χ0n) is 29.8. The van der Waals surface area contributed by atoms with Gasteiger partial charge < -0.3 is 54.5 Å². The summed E-state index contributed by atoms with van der Waals surface area (Å²) < 4.78 is 54.3. The minimum absolute atomic E-state index is 0.0308. The molecule has 1 aliphatic carbocycles. The van der Waals surface area contributed by atoms with Gasteiger partial charge in [0.25, 0.3) is 0 Å². The second kappa shape index (κ2) is 15.2. The van der Waals surface area contributed by atoms with Crippen molar-refractivity contribution in [3.8, 4) is 28.9 Å². The Bertz CT molecular complexity index is 2000. The van der Waals surface area contributed by atoms with Crippen molar-refractivity contribution in [3.63, 3.8) is 0 Å². The van der Waals surface area contributed by atoms with Gasteiger partial charge in [-0.2, -0.15) is 9.97 Å². The molecule has 5 heterocycles. The number of β-amino-alcohol motifs (C(OH)–C–C–N with tert-alkyl or cyclic N) is 1. The Morgan fingerprint density at radius 1 is 0.944 bits per heavy atom. The molecule has 3 aliphatic heterocycles. The lowest BCUT2D eigenvalue weighted by atomic mass is 9.73. The van der Waals surface area contributed by atoms with Crippen LogP contribution in [0.1, 0.15) is 44.9 Å². The summed E-state index contributed by atoms with van der Waals surface area (Å²) in [5, 5.41) is 64.7. The van der Waals surface area contributed by atoms with Gasteiger partial charge in [-0.05, 0) is 62.1 Å². The lowest BCUT2D eigenvalue weighted by Gasteiger charge is -2.50. The summed E-state index contributed by atoms with van der Waals surface area (Å²) in [6.07, 6.45) is 2.16. The van der Waals surface area contributed by atoms with Crippen LogP contribution in [0.25, 0.3) is 32.9 Å². The van der Waals surface area contributed by atoms with Gasteiger partial charge in [-0.25, -0.2) is 19.1 Å². The maximum atomic E-state index is 16.8. The first-order valence-corrected chi connectivity index (χ1v) is 18.0. The third-order valence-electron chi connectivity index (χ3n) is 10.7. The summed E-state index contributed by atoms with van der Waals surface area (Å²) in [7, 11) is 1.33. The van der Waals surface area contributed by atoms with Gasteiger partial charge in [-0.1, -0.05) is 12.1 Å². The SMILES string of the molecule is COc1nc(-c2cc(O)cc3cccc(F)c23)c(F)c2nc(OCC34CCCC3(O)NC(O)(O)CC4)nc(N3CCOCC(O)C3)c12.OC1CCOCC1. The van der Waals surface area contributed by atoms with E-state index in [0.29, 0.717) is 18.2 Å². The fraction of sp³-hybridized carbons (Fsp3) is 0.541. The van der Waals surface area contributed by atoms with Crippen LogP contribution in [-0.4, -0.2) is 123 Å². The predicted octanol–water partition coefficient (Wildman–Crippen LogP) is 2.45. The average Bonchev–Trinajstić information content (AvgIpc) is 3.30. The molecule has 4 aromatic rings. The Labute approximate surface area is 309 Å². The average molecular weight is 758 g/mol. The molecule has 0 spiro atoms. The highest BCUT2D eigenvalue weighted by atomic mass is 19.1. The van der Waals surface area contributed by atoms with Crippen molar-refractivity contribution >= 4 is 27.5 Å². The number of phenols is 1. The fourth-order valence-electron chi connectivity index (χ4n) is 7.90. The number of benzene rings is 2. The number of hydrogen-bond acceptors (Lipinski definition) is 15. The van der Waals surface area contributed by atoms with Crippen LogP contribution in [-0.2, 0) is 9.47 Å². The quantitative estimate of drug-likeness (QED) is 0.141. The first-order valence-electron chi connectivity index (χ1n) is 18.0. The van der Waals surface area contributed by atoms with Crippen molar-refractivity contribution in [2.24, 2.45) is 5.41 Å². The molecule has 8 rings (SSSR count). The predicted molar refractivity (Wildman–Crippen MR) is 190 cm³/mol. The van der Waals surface area contributed by atoms with Gasteiger partial charge in [0, 0.05) is 49.1 Å². The molecule has 2 aromatic heterocycles. The van der Waals surface area contributed by atoms with E-state index in [2.05, 4.69) is 20.3 Å². The van der Waals surface area contributed by atoms with Gasteiger partial charge >= 0.3 is 6.01 Å². The van der Waals surface area contributed by atoms with E-state index in [1.165, 1.54) is 31.4 Å². The van der Waals surface area contributed by atoms with Gasteiger partial charge in [0.2, 0.25) is 11.8 Å². The fourth-order valence-corrected chi connectivity index (χ4v) is 7.90. The molecule has 3 unspecified atom stereocenters. The third kappa shape index (κ3) is 7.46. The number of nitrogens with one attached hydrogen (secondary N) is 1. The second-order valence-electron chi connectivity index (χ2n) is 14.4. The van der Waals surface area contributed by atoms with Gasteiger partial charge in [0.1, 0.15) is 46.3 Å². The standard InChI is InChI=1S/C32H35F2N5O8.C5H10O2/c1-45-28-23-26(24(34)25(35-28)20-13-18(40)12-17-4-2-5-21(33)22(17)20)36-29(37-27(23)39-10-11-46-15-19(41)14-39)47-16-30-6-3-7-31(30,42)38-32(43,44)9-8-30;6-5-1-3-7-4-2-5/h2,4-5,12-13,19,38,40-44H,3,6-11,14-16H2,1H3;5-6H,1-4H2. The number of fused-ring (bicyclic) bond motifs is 3. The van der Waals surface area contributed by atoms with Crippen LogP contribution in [0, 0.1) is 17.0 Å². The number of piperidine rings is 1. The van der Waals surface area contributed by atoms with Gasteiger partial charge in [0.15, 0.2) is 5.82 Å². The first kappa shape index (κ1) is 38.2. The van der Waals surface area contributed by atoms with Crippen molar-refractivity contribution in [1.29, 1.82) is 0 Å². The van der Waals surface area contributed by atoms with E-state index < -0.39 is 34.8 Å². The smallest absolute Gasteiger partial charge is 0.319 e. The number of aromatic nitrogens is 3. The van der Waals surface area contributed by atoms with Crippen LogP contribution in [0.5, 0.6) is 17.6 Å². The molecule has 4 aliphatic rings. The van der Waals surface area contributed by atoms with E-state index in [4.69, 9.17) is 24.1 Å². The minimum Gasteiger partial charge on any atom is -0.508 e. The minimum atomic E-state index is -2.25. The van der Waals surface area contributed by atoms with Crippen molar-refractivity contribution in [2.45, 2.75) is 68.8 Å². The van der Waals surface area contributed by atoms with Gasteiger partial charge in [-0.3, -0.25) is 0 Å². The molecule has 15 nitrogen and oxygen atoms in total. The Hall–Kier alpha value is -4.07. The topological polar surface area (TPSA) is 212 Å². The zero-order valence-corrected chi connectivity index (χ0v) is 29.8. The number of phenolic OH excluding ortho intramolecular Hbond substituents is 1. The molecule has 54 heavy (non-hydrogen) atoms. The van der Waals surface area contributed by atoms with E-state index >= 15 is 8.78 Å². The van der Waals surface area contributed by atoms with Crippen LogP contribution in [0.3, 0.4) is 0 Å². The monoisotopic (exact) mass is 757 g/mol. The summed E-state index contributed by atoms with van der Waals surface area (Å²) in [5.74, 6) is -4.04. The molecular weight excluding hydrogens is 712 g/mol. The van der Waals surface area contributed by atoms with Gasteiger partial charge in [-0.15, -0.1) is 0 Å². The molecule has 2 aromatic carbocycles. The first-order chi connectivity index (χ1) is 25.8. The molecule has 7 N–H and O–H groups in total. The number of halogens is 2. The van der Waals surface area contributed by atoms with Crippen LogP contribution in [0.15, 0.2) is 30.3 Å². The van der Waals surface area contributed by atoms with Crippen molar-refractivity contribution in [3.05, 3.63) is 42.0 Å². The van der Waals surface area contributed by atoms with Crippen molar-refractivity contribution in [2.75, 3.05) is 58.1 Å². The number of aliphatic hydroxyl groups is 5. The molecular formula is C37H45F2N5O10. The summed E-state index contributed by atoms with van der Waals surface area (Å²) >= 11 is 0. The maximum absolute atomic E-state index is 16.8. The van der Waals surface area contributed by atoms with E-state index in [-0.39, 0.29) is 109 Å². The number of aliphatic hydroxyl groups excluding tert-OH is 2. The second-order valence-corrected chi connectivity index (χ2v) is 14.4. The number of rotatable bonds is 6. The molecule has 0 radical (unpaired) electrons. The molecule has 0 amide bonds. The Kier molecular flexibility index (Phi) is 10.8. The third-order valence-corrected chi connectivity index (χ3v) is 10.7. The highest BCUT2D eigenvalue weighted by molar-refractivity contribution is 6.02. The Morgan fingerprint density at radius 3 is 2.48 bits per heavy atom. The lowest BCUT2D eigenvalue weighted by molar-refractivity contribution is -0.283. The van der Waals surface area contributed by atoms with E-state index in [1.807, 2.05) is 0 Å². The molecule has 3 saturated heterocycles. The number of aromatic hydroxyl groups is 1. The Morgan fingerprint density at radius 2 is 1.74 bits per heavy atom. The molecule has 17 heteroatoms. The summed E-state index contributed by atoms with van der Waals surface area (Å²) in [6.45, 7) is 1.99. The van der Waals surface area contributed by atoms with E-state index in [0.717, 1.165) is 26.1 Å². The largest absolute Gasteiger partial charge is 0.508 e. The summed E-state index contributed by atoms with van der Waals surface area (Å²) in [6, 6.07) is 6.59. The van der Waals surface area contributed by atoms with E-state index in [1.54, 1.807) is 11.0 Å². The van der Waals surface area contributed by atoms with Crippen LogP contribution < -0.4 is 19.7 Å². The maximum Gasteiger partial charge on any atom is 0.319 e. The van der Waals surface area contributed by atoms with Crippen molar-refractivity contribution < 1.29 is 58.4 Å². The van der Waals surface area contributed by atoms with Gasteiger partial charge in [0.05, 0.1) is 32.5 Å². The number of methoxy groups -OCH3 is 1. The number of ether oxygens (including phenoxy) is 4. The molecule has 292 valence electrons. The van der Waals surface area contributed by atoms with Crippen LogP contribution in [0.2, 0.25) is 0 Å². The Balaban J connectivity index is 0.000000579. The molecule has 3 atom stereocenters. The molecule has 1 saturated carbocycles. The van der Waals surface area contributed by atoms with E-state index in [9.17, 15) is 25.5 Å². The normalized spacial score (nSPS) is 25.9. The zero-order chi connectivity index (χ0) is 38.3. The number of nitrogens with zero attached hydrogens (tertiary/aromatic N) is 4. The number of pyridine rings is 1. The lowest BCUT2D eigenvalue weighted by Crippen LogP contribution is -2.69. The molecule has 4 fully saturated rings. The number of anilines is 1. The van der Waals surface area contributed by atoms with Crippen LogP contribution >= 0.6 is 0 Å². The van der Waals surface area contributed by atoms with Crippen LogP contribution in [0.4, 0.5) is 14.6 Å². The highest BCUT2D eigenvalue weighted by Gasteiger charge is 2.60. The molecule has 0 bridgehead atoms. The number of hydrogen-bond donors (Lipinski definition) is 7. The highest BCUT2D eigenvalue weighted by Crippen LogP contribution is 2.52. The summed E-state index contributed by atoms with van der Waals surface area (Å²) in [4.78, 5) is 15.2. The van der Waals surface area contributed by atoms with Crippen molar-refractivity contribution in [1.82, 2.24) is 20.3 Å².